The molecule has 0 bridgehead atoms. The third kappa shape index (κ3) is 2.47. The van der Waals surface area contributed by atoms with Crippen LogP contribution in [-0.2, 0) is 14.3 Å². The summed E-state index contributed by atoms with van der Waals surface area (Å²) in [5.41, 5.74) is 0.726. The Labute approximate surface area is 87.6 Å². The lowest BCUT2D eigenvalue weighted by molar-refractivity contribution is -0.152. The number of methoxy groups -OCH3 is 2. The molecule has 0 aliphatic rings. The first-order valence-electron chi connectivity index (χ1n) is 4.05. The summed E-state index contributed by atoms with van der Waals surface area (Å²) in [7, 11) is 2.78. The molecule has 0 radical (unpaired) electrons. The maximum absolute atomic E-state index is 11.2. The van der Waals surface area contributed by atoms with Gasteiger partial charge in [-0.15, -0.1) is 0 Å². The highest BCUT2D eigenvalue weighted by Crippen LogP contribution is 2.20. The summed E-state index contributed by atoms with van der Waals surface area (Å²) in [5, 5.41) is 0.619. The van der Waals surface area contributed by atoms with Gasteiger partial charge in [0.05, 0.1) is 7.11 Å². The van der Waals surface area contributed by atoms with Crippen LogP contribution in [0.1, 0.15) is 11.7 Å². The van der Waals surface area contributed by atoms with Gasteiger partial charge in [-0.25, -0.2) is 4.79 Å². The van der Waals surface area contributed by atoms with Crippen molar-refractivity contribution in [3.05, 3.63) is 34.9 Å². The molecule has 0 amide bonds. The van der Waals surface area contributed by atoms with Crippen molar-refractivity contribution in [2.45, 2.75) is 6.10 Å². The van der Waals surface area contributed by atoms with E-state index in [9.17, 15) is 4.79 Å². The number of carbonyl (C=O) groups excluding carboxylic acids is 1. The molecule has 0 fully saturated rings. The Morgan fingerprint density at radius 1 is 1.29 bits per heavy atom. The van der Waals surface area contributed by atoms with Crippen LogP contribution < -0.4 is 0 Å². The van der Waals surface area contributed by atoms with E-state index >= 15 is 0 Å². The Hall–Kier alpha value is -1.06. The lowest BCUT2D eigenvalue weighted by Gasteiger charge is -2.12. The third-order valence-corrected chi connectivity index (χ3v) is 2.08. The number of ether oxygens (including phenoxy) is 2. The fourth-order valence-electron chi connectivity index (χ4n) is 1.11. The third-order valence-electron chi connectivity index (χ3n) is 1.82. The van der Waals surface area contributed by atoms with E-state index in [1.165, 1.54) is 14.2 Å². The van der Waals surface area contributed by atoms with Gasteiger partial charge in [-0.1, -0.05) is 23.7 Å². The summed E-state index contributed by atoms with van der Waals surface area (Å²) in [6, 6.07) is 6.86. The van der Waals surface area contributed by atoms with Gasteiger partial charge in [-0.05, 0) is 17.7 Å². The molecule has 76 valence electrons. The van der Waals surface area contributed by atoms with Crippen molar-refractivity contribution in [3.8, 4) is 0 Å². The van der Waals surface area contributed by atoms with E-state index < -0.39 is 12.1 Å². The summed E-state index contributed by atoms with van der Waals surface area (Å²) < 4.78 is 9.60. The number of hydrogen-bond donors (Lipinski definition) is 0. The molecule has 4 heteroatoms. The Morgan fingerprint density at radius 2 is 1.86 bits per heavy atom. The number of halogens is 1. The zero-order chi connectivity index (χ0) is 10.6. The molecule has 0 spiro atoms. The first kappa shape index (κ1) is 11.0. The van der Waals surface area contributed by atoms with Crippen molar-refractivity contribution in [2.24, 2.45) is 0 Å². The van der Waals surface area contributed by atoms with Gasteiger partial charge in [-0.2, -0.15) is 0 Å². The van der Waals surface area contributed by atoms with Crippen molar-refractivity contribution < 1.29 is 14.3 Å². The molecule has 0 aliphatic carbocycles. The van der Waals surface area contributed by atoms with Crippen LogP contribution in [0.2, 0.25) is 5.02 Å². The Morgan fingerprint density at radius 3 is 2.29 bits per heavy atom. The highest BCUT2D eigenvalue weighted by atomic mass is 35.5. The zero-order valence-electron chi connectivity index (χ0n) is 7.99. The van der Waals surface area contributed by atoms with Gasteiger partial charge in [0, 0.05) is 12.1 Å². The molecule has 1 atom stereocenters. The zero-order valence-corrected chi connectivity index (χ0v) is 8.75. The van der Waals surface area contributed by atoms with E-state index in [1.54, 1.807) is 24.3 Å². The van der Waals surface area contributed by atoms with Crippen LogP contribution in [0.5, 0.6) is 0 Å². The van der Waals surface area contributed by atoms with Crippen LogP contribution in [0.3, 0.4) is 0 Å². The lowest BCUT2D eigenvalue weighted by Crippen LogP contribution is -2.15. The fourth-order valence-corrected chi connectivity index (χ4v) is 1.24. The Balaban J connectivity index is 2.89. The average Bonchev–Trinajstić information content (AvgIpc) is 2.21. The minimum atomic E-state index is -0.683. The summed E-state index contributed by atoms with van der Waals surface area (Å²) >= 11 is 5.72. The van der Waals surface area contributed by atoms with Crippen LogP contribution in [-0.4, -0.2) is 20.2 Å². The predicted octanol–water partition coefficient (Wildman–Crippen LogP) is 2.20. The molecule has 1 aromatic rings. The molecule has 1 unspecified atom stereocenters. The molecule has 14 heavy (non-hydrogen) atoms. The molecular formula is C10H11ClO3. The molecule has 0 saturated carbocycles. The summed E-state index contributed by atoms with van der Waals surface area (Å²) in [6.45, 7) is 0. The topological polar surface area (TPSA) is 35.5 Å². The molecule has 1 aromatic carbocycles. The van der Waals surface area contributed by atoms with E-state index in [2.05, 4.69) is 4.74 Å². The molecule has 0 aliphatic heterocycles. The van der Waals surface area contributed by atoms with Crippen molar-refractivity contribution in [2.75, 3.05) is 14.2 Å². The molecule has 0 heterocycles. The van der Waals surface area contributed by atoms with Gasteiger partial charge in [0.2, 0.25) is 0 Å². The van der Waals surface area contributed by atoms with E-state index in [1.807, 2.05) is 0 Å². The van der Waals surface area contributed by atoms with Gasteiger partial charge in [0.25, 0.3) is 0 Å². The number of carbonyl (C=O) groups is 1. The second-order valence-electron chi connectivity index (χ2n) is 2.69. The fraction of sp³-hybridized carbons (Fsp3) is 0.300. The number of benzene rings is 1. The minimum absolute atomic E-state index is 0.421. The summed E-state index contributed by atoms with van der Waals surface area (Å²) in [5.74, 6) is -0.421. The highest BCUT2D eigenvalue weighted by molar-refractivity contribution is 6.30. The van der Waals surface area contributed by atoms with Crippen LogP contribution in [0.15, 0.2) is 24.3 Å². The number of esters is 1. The first-order valence-corrected chi connectivity index (χ1v) is 4.43. The van der Waals surface area contributed by atoms with Crippen molar-refractivity contribution in [3.63, 3.8) is 0 Å². The highest BCUT2D eigenvalue weighted by Gasteiger charge is 2.20. The van der Waals surface area contributed by atoms with Gasteiger partial charge >= 0.3 is 5.97 Å². The number of rotatable bonds is 3. The molecular weight excluding hydrogens is 204 g/mol. The van der Waals surface area contributed by atoms with Crippen LogP contribution >= 0.6 is 11.6 Å². The number of hydrogen-bond acceptors (Lipinski definition) is 3. The lowest BCUT2D eigenvalue weighted by atomic mass is 10.1. The van der Waals surface area contributed by atoms with Gasteiger partial charge in [-0.3, -0.25) is 0 Å². The van der Waals surface area contributed by atoms with E-state index in [0.717, 1.165) is 5.56 Å². The second-order valence-corrected chi connectivity index (χ2v) is 3.13. The largest absolute Gasteiger partial charge is 0.467 e. The van der Waals surface area contributed by atoms with E-state index in [4.69, 9.17) is 16.3 Å². The van der Waals surface area contributed by atoms with Gasteiger partial charge in [0.1, 0.15) is 0 Å². The molecule has 3 nitrogen and oxygen atoms in total. The maximum atomic E-state index is 11.2. The Bertz CT molecular complexity index is 308. The standard InChI is InChI=1S/C10H11ClO3/c1-13-9(10(12)14-2)7-3-5-8(11)6-4-7/h3-6,9H,1-2H3. The SMILES string of the molecule is COC(=O)C(OC)c1ccc(Cl)cc1. The van der Waals surface area contributed by atoms with Gasteiger partial charge in [0.15, 0.2) is 6.10 Å². The van der Waals surface area contributed by atoms with Crippen LogP contribution in [0.25, 0.3) is 0 Å². The van der Waals surface area contributed by atoms with Crippen LogP contribution in [0, 0.1) is 0 Å². The maximum Gasteiger partial charge on any atom is 0.339 e. The average molecular weight is 215 g/mol. The van der Waals surface area contributed by atoms with Crippen molar-refractivity contribution >= 4 is 17.6 Å². The normalized spacial score (nSPS) is 12.2. The summed E-state index contributed by atoms with van der Waals surface area (Å²) in [6.07, 6.45) is -0.683. The first-order chi connectivity index (χ1) is 6.69. The quantitative estimate of drug-likeness (QED) is 0.724. The van der Waals surface area contributed by atoms with E-state index in [-0.39, 0.29) is 0 Å². The molecule has 0 N–H and O–H groups in total. The Kier molecular flexibility index (Phi) is 3.92. The van der Waals surface area contributed by atoms with Crippen molar-refractivity contribution in [1.82, 2.24) is 0 Å². The molecule has 0 saturated heterocycles. The summed E-state index contributed by atoms with van der Waals surface area (Å²) in [4.78, 5) is 11.2. The molecule has 1 rings (SSSR count). The van der Waals surface area contributed by atoms with E-state index in [0.29, 0.717) is 5.02 Å². The second kappa shape index (κ2) is 4.98. The van der Waals surface area contributed by atoms with Crippen molar-refractivity contribution in [1.29, 1.82) is 0 Å². The van der Waals surface area contributed by atoms with Crippen LogP contribution in [0.4, 0.5) is 0 Å². The monoisotopic (exact) mass is 214 g/mol. The van der Waals surface area contributed by atoms with Gasteiger partial charge < -0.3 is 9.47 Å². The predicted molar refractivity (Wildman–Crippen MR) is 53.2 cm³/mol. The molecule has 0 aromatic heterocycles. The minimum Gasteiger partial charge on any atom is -0.467 e. The smallest absolute Gasteiger partial charge is 0.339 e.